The summed E-state index contributed by atoms with van der Waals surface area (Å²) in [6, 6.07) is -13.3. The molecule has 0 radical (unpaired) electrons. The average Bonchev–Trinajstić information content (AvgIpc) is 1.69. The largest absolute Gasteiger partial charge is 0.508 e. The number of nitrogens with one attached hydrogen (secondary N) is 14. The number of carbonyl (C=O) groups excluding carboxylic acids is 17. The molecule has 30 N–H and O–H groups in total. The first-order valence-electron chi connectivity index (χ1n) is 43.8. The van der Waals surface area contributed by atoms with E-state index in [-0.39, 0.29) is 157 Å². The standard InChI is InChI=1S/C84H144N24O19/c1-15-46(9)66(69(87)115)107-76(122)58(37-49-25-27-50(109)28-26-49)102-79(125)62-38-51(110)42-108(62)81(127)48(11)96-73(119)55(34-43(3)4)98-64(112)24-18-17-19-31-92-70(116)54(29-30-63(85)111)100-74(120)56(35-44(5)6)101-77(123)60(40-84(12,13)14)104-72(118)53(23-21-33-94-83(90)91)99-78(124)61-41-95-71(117)59(97-52(68(86)114)22-20-32-93-82(88)89)39-65(113)106-67(47(10)16-2)80(126)103-57(36-45(7)8)75(121)105-61/h25-28,43-48,51-62,66-67,97,109-110H,15-24,29-42H2,1-14H3,(H2,85,111)(H2,86,114)(H2,87,115)(H,92,116)(H,95,117)(H,96,119)(H,98,112)(H,99,124)(H,100,120)(H,101,123)(H,102,125)(H,103,126)(H,104,118)(H,105,121)(H,106,113)(H,107,122)(H4,88,89,93)(H4,90,91,94)/t46-,47-,48-,51+,52-,53-,54-,55-,56-,57-,58-,59?,60?,61-,62-,66-,67-/m0/s1. The second-order valence-corrected chi connectivity index (χ2v) is 35.5. The number of rotatable bonds is 51. The molecule has 2 aliphatic rings. The monoisotopic (exact) mass is 1790 g/mol. The number of nitrogens with zero attached hydrogens (tertiary/aromatic N) is 3. The molecule has 43 heteroatoms. The van der Waals surface area contributed by atoms with Crippen molar-refractivity contribution in [2.45, 2.75) is 310 Å². The SMILES string of the molecule is CC[C@H](C)[C@H](NC(=O)[C@H](Cc1ccc(O)cc1)NC(=O)[C@@H]1C[C@@H](O)CN1C(=O)[C@H](C)NC(=O)[C@H](CC(C)C)NC(=O)CCCCCNC(=O)[C@H](CCC(N)=O)NC(=O)[C@H](CC(C)C)NC(=O)C(CC(C)(C)C)NC(=O)[C@H](CCCN=C(N)N)NC(=O)[C@@H]1CNC(=O)C(N[C@@H](CCCN=C(N)N)C(N)=O)CC(=O)N[C@@H]([C@@H](C)CC)C(=O)N[C@@H](CC(C)C)C(=O)N1)C(N)=O. The Morgan fingerprint density at radius 2 is 1.09 bits per heavy atom. The number of nitrogens with two attached hydrogens (primary N) is 7. The molecule has 43 nitrogen and oxygen atoms in total. The second-order valence-electron chi connectivity index (χ2n) is 35.5. The number of unbranched alkanes of at least 4 members (excludes halogenated alkanes) is 2. The zero-order valence-corrected chi connectivity index (χ0v) is 76.0. The number of aliphatic hydroxyl groups excluding tert-OH is 1. The minimum absolute atomic E-state index is 0.0135. The van der Waals surface area contributed by atoms with Gasteiger partial charge in [0.15, 0.2) is 11.9 Å². The number of benzene rings is 1. The van der Waals surface area contributed by atoms with Gasteiger partial charge in [0.05, 0.1) is 24.6 Å². The molecule has 17 amide bonds. The van der Waals surface area contributed by atoms with Gasteiger partial charge < -0.3 is 124 Å². The van der Waals surface area contributed by atoms with E-state index in [0.29, 0.717) is 31.2 Å². The number of carbonyl (C=O) groups is 17. The summed E-state index contributed by atoms with van der Waals surface area (Å²) in [6.45, 7) is 23.4. The van der Waals surface area contributed by atoms with Gasteiger partial charge in [0, 0.05) is 58.4 Å². The highest BCUT2D eigenvalue weighted by atomic mass is 16.3. The summed E-state index contributed by atoms with van der Waals surface area (Å²) in [5.74, 6) is -16.1. The number of aliphatic imine (C=N–C) groups is 2. The first-order valence-corrected chi connectivity index (χ1v) is 43.8. The lowest BCUT2D eigenvalue weighted by Gasteiger charge is -2.31. The number of guanidine groups is 2. The molecule has 2 unspecified atom stereocenters. The van der Waals surface area contributed by atoms with Crippen molar-refractivity contribution in [3.8, 4) is 5.75 Å². The van der Waals surface area contributed by atoms with Crippen molar-refractivity contribution in [1.29, 1.82) is 0 Å². The molecule has 1 aromatic rings. The Hall–Kier alpha value is -11.5. The number of hydrogen-bond donors (Lipinski definition) is 23. The van der Waals surface area contributed by atoms with E-state index in [4.69, 9.17) is 40.1 Å². The maximum Gasteiger partial charge on any atom is 0.245 e. The number of β-amino-alcohol motifs (C(OH)–C–C–N with tert-alkyl or cyclic N) is 1. The van der Waals surface area contributed by atoms with E-state index in [1.54, 1.807) is 76.2 Å². The van der Waals surface area contributed by atoms with Crippen LogP contribution >= 0.6 is 0 Å². The van der Waals surface area contributed by atoms with Crippen LogP contribution < -0.4 is 115 Å². The maximum absolute atomic E-state index is 15.0. The first kappa shape index (κ1) is 110. The number of primary amides is 3. The quantitative estimate of drug-likeness (QED) is 0.0167. The summed E-state index contributed by atoms with van der Waals surface area (Å²) >= 11 is 0. The van der Waals surface area contributed by atoms with Gasteiger partial charge in [0.25, 0.3) is 0 Å². The van der Waals surface area contributed by atoms with E-state index >= 15 is 0 Å². The zero-order valence-electron chi connectivity index (χ0n) is 76.0. The predicted molar refractivity (Wildman–Crippen MR) is 473 cm³/mol. The van der Waals surface area contributed by atoms with Crippen molar-refractivity contribution in [3.05, 3.63) is 29.8 Å². The third kappa shape index (κ3) is 40.8. The predicted octanol–water partition coefficient (Wildman–Crippen LogP) is -4.22. The van der Waals surface area contributed by atoms with Crippen LogP contribution in [0.2, 0.25) is 0 Å². The van der Waals surface area contributed by atoms with Gasteiger partial charge in [-0.2, -0.15) is 0 Å². The minimum Gasteiger partial charge on any atom is -0.508 e. The first-order chi connectivity index (χ1) is 59.4. The Labute approximate surface area is 743 Å². The van der Waals surface area contributed by atoms with Gasteiger partial charge in [-0.3, -0.25) is 96.8 Å². The molecule has 714 valence electrons. The fourth-order valence-corrected chi connectivity index (χ4v) is 14.3. The van der Waals surface area contributed by atoms with Crippen molar-refractivity contribution in [3.63, 3.8) is 0 Å². The van der Waals surface area contributed by atoms with Crippen LogP contribution in [0.4, 0.5) is 0 Å². The van der Waals surface area contributed by atoms with Gasteiger partial charge in [-0.05, 0) is 130 Å². The van der Waals surface area contributed by atoms with Gasteiger partial charge >= 0.3 is 0 Å². The van der Waals surface area contributed by atoms with Crippen molar-refractivity contribution < 1.29 is 91.7 Å². The third-order valence-electron chi connectivity index (χ3n) is 21.5. The lowest BCUT2D eigenvalue weighted by molar-refractivity contribution is -0.142. The van der Waals surface area contributed by atoms with Gasteiger partial charge in [-0.25, -0.2) is 0 Å². The molecule has 0 aliphatic carbocycles. The number of likely N-dealkylation sites (tertiary alicyclic amines) is 1. The molecule has 0 spiro atoms. The highest BCUT2D eigenvalue weighted by molar-refractivity contribution is 6.01. The molecule has 0 aromatic heterocycles. The van der Waals surface area contributed by atoms with E-state index in [0.717, 1.165) is 4.90 Å². The Kier molecular flexibility index (Phi) is 47.0. The third-order valence-corrected chi connectivity index (χ3v) is 21.5. The molecule has 3 rings (SSSR count). The summed E-state index contributed by atoms with van der Waals surface area (Å²) in [5.41, 5.74) is 39.0. The van der Waals surface area contributed by atoms with Crippen LogP contribution in [0.15, 0.2) is 34.3 Å². The molecule has 2 fully saturated rings. The normalized spacial score (nSPS) is 19.6. The molecule has 0 saturated carbocycles. The van der Waals surface area contributed by atoms with Crippen molar-refractivity contribution in [2.75, 3.05) is 32.7 Å². The van der Waals surface area contributed by atoms with E-state index in [1.807, 2.05) is 13.8 Å². The van der Waals surface area contributed by atoms with Crippen LogP contribution in [0, 0.1) is 35.0 Å². The molecule has 2 heterocycles. The maximum atomic E-state index is 15.0. The summed E-state index contributed by atoms with van der Waals surface area (Å²) in [6.07, 6.45) is -1.12. The van der Waals surface area contributed by atoms with Crippen molar-refractivity contribution in [1.82, 2.24) is 79.3 Å². The zero-order chi connectivity index (χ0) is 95.9. The van der Waals surface area contributed by atoms with Crippen LogP contribution in [0.1, 0.15) is 218 Å². The van der Waals surface area contributed by atoms with E-state index in [9.17, 15) is 91.7 Å². The smallest absolute Gasteiger partial charge is 0.245 e. The second kappa shape index (κ2) is 54.5. The Morgan fingerprint density at radius 3 is 1.65 bits per heavy atom. The molecule has 0 bridgehead atoms. The minimum atomic E-state index is -1.75. The van der Waals surface area contributed by atoms with E-state index in [2.05, 4.69) is 84.4 Å². The molecular weight excluding hydrogens is 1650 g/mol. The highest BCUT2D eigenvalue weighted by Crippen LogP contribution is 2.25. The summed E-state index contributed by atoms with van der Waals surface area (Å²) in [7, 11) is 0. The van der Waals surface area contributed by atoms with Crippen LogP contribution in [0.25, 0.3) is 0 Å². The summed E-state index contributed by atoms with van der Waals surface area (Å²) in [4.78, 5) is 247. The Morgan fingerprint density at radius 1 is 0.551 bits per heavy atom. The van der Waals surface area contributed by atoms with Crippen LogP contribution in [0.5, 0.6) is 5.75 Å². The molecule has 2 saturated heterocycles. The molecule has 2 aliphatic heterocycles. The van der Waals surface area contributed by atoms with E-state index in [1.165, 1.54) is 31.2 Å². The topological polar surface area (TPSA) is 709 Å². The number of amides is 17. The average molecular weight is 1790 g/mol. The van der Waals surface area contributed by atoms with Gasteiger partial charge in [0.2, 0.25) is 100 Å². The molecule has 1 aromatic carbocycles. The van der Waals surface area contributed by atoms with Crippen LogP contribution in [-0.4, -0.2) is 251 Å². The highest BCUT2D eigenvalue weighted by Gasteiger charge is 2.44. The fraction of sp³-hybridized carbons (Fsp3) is 0.702. The summed E-state index contributed by atoms with van der Waals surface area (Å²) < 4.78 is 0. The van der Waals surface area contributed by atoms with Gasteiger partial charge in [-0.15, -0.1) is 0 Å². The number of hydrogen-bond acceptors (Lipinski definition) is 22. The lowest BCUT2D eigenvalue weighted by Crippen LogP contribution is -2.63. The molecule has 127 heavy (non-hydrogen) atoms. The fourth-order valence-electron chi connectivity index (χ4n) is 14.3. The van der Waals surface area contributed by atoms with Crippen LogP contribution in [0.3, 0.4) is 0 Å². The Balaban J connectivity index is 1.84. The number of phenols is 1. The van der Waals surface area contributed by atoms with Gasteiger partial charge in [-0.1, -0.05) is 121 Å². The molecular formula is C84H144N24O19. The number of phenolic OH excluding ortho intramolecular Hbond substituents is 1. The van der Waals surface area contributed by atoms with Crippen molar-refractivity contribution in [2.24, 2.45) is 85.1 Å². The number of aliphatic hydroxyl groups is 1. The van der Waals surface area contributed by atoms with Gasteiger partial charge in [0.1, 0.15) is 78.3 Å². The van der Waals surface area contributed by atoms with E-state index < -0.39 is 215 Å². The van der Waals surface area contributed by atoms with Crippen LogP contribution in [-0.2, 0) is 87.9 Å². The number of aromatic hydroxyl groups is 1. The Bertz CT molecular complexity index is 3940. The molecule has 17 atom stereocenters. The lowest BCUT2D eigenvalue weighted by atomic mass is 9.87. The summed E-state index contributed by atoms with van der Waals surface area (Å²) in [5, 5.41) is 58.4. The van der Waals surface area contributed by atoms with Crippen molar-refractivity contribution >= 4 is 112 Å².